The molecule has 160 valence electrons. The van der Waals surface area contributed by atoms with Gasteiger partial charge in [-0.15, -0.1) is 6.42 Å². The van der Waals surface area contributed by atoms with E-state index in [0.717, 1.165) is 12.8 Å². The van der Waals surface area contributed by atoms with Gasteiger partial charge in [-0.1, -0.05) is 50.8 Å². The fourth-order valence-electron chi connectivity index (χ4n) is 3.55. The summed E-state index contributed by atoms with van der Waals surface area (Å²) in [5, 5.41) is 0.330. The number of hydrogen-bond donors (Lipinski definition) is 0. The summed E-state index contributed by atoms with van der Waals surface area (Å²) >= 11 is 6.30. The number of halogens is 1. The van der Waals surface area contributed by atoms with Crippen LogP contribution < -0.4 is 9.47 Å². The van der Waals surface area contributed by atoms with Gasteiger partial charge in [0.1, 0.15) is 0 Å². The third-order valence-electron chi connectivity index (χ3n) is 5.51. The van der Waals surface area contributed by atoms with Gasteiger partial charge in [-0.05, 0) is 23.8 Å². The molecule has 1 fully saturated rings. The molecular weight excluding hydrogens is 408 g/mol. The minimum absolute atomic E-state index is 0.0980. The smallest absolute Gasteiger partial charge is 0.330 e. The molecule has 30 heavy (non-hydrogen) atoms. The molecular formula is C23H25ClO6. The van der Waals surface area contributed by atoms with Gasteiger partial charge in [-0.25, -0.2) is 4.79 Å². The molecule has 1 aliphatic carbocycles. The van der Waals surface area contributed by atoms with Gasteiger partial charge in [0.15, 0.2) is 17.6 Å². The van der Waals surface area contributed by atoms with Gasteiger partial charge in [0, 0.05) is 17.7 Å². The summed E-state index contributed by atoms with van der Waals surface area (Å²) in [6, 6.07) is 3.22. The molecule has 0 saturated heterocycles. The monoisotopic (exact) mass is 432 g/mol. The van der Waals surface area contributed by atoms with Crippen LogP contribution in [0.3, 0.4) is 0 Å². The minimum atomic E-state index is -0.959. The molecule has 1 aromatic carbocycles. The lowest BCUT2D eigenvalue weighted by Crippen LogP contribution is -2.15. The first-order chi connectivity index (χ1) is 14.3. The van der Waals surface area contributed by atoms with Crippen molar-refractivity contribution in [2.75, 3.05) is 13.4 Å². The van der Waals surface area contributed by atoms with E-state index in [1.807, 2.05) is 20.8 Å². The fraction of sp³-hybridized carbons (Fsp3) is 0.478. The molecule has 0 bridgehead atoms. The molecule has 1 saturated carbocycles. The zero-order chi connectivity index (χ0) is 21.9. The number of allylic oxidation sites excluding steroid dienone is 1. The summed E-state index contributed by atoms with van der Waals surface area (Å²) in [5.41, 5.74) is 0.108. The van der Waals surface area contributed by atoms with Crippen molar-refractivity contribution < 1.29 is 28.5 Å². The molecule has 3 atom stereocenters. The molecule has 0 radical (unpaired) electrons. The van der Waals surface area contributed by atoms with Crippen LogP contribution >= 0.6 is 11.6 Å². The zero-order valence-corrected chi connectivity index (χ0v) is 18.0. The van der Waals surface area contributed by atoms with Crippen LogP contribution in [0.15, 0.2) is 24.3 Å². The maximum atomic E-state index is 12.8. The third kappa shape index (κ3) is 4.57. The largest absolute Gasteiger partial charge is 0.463 e. The Kier molecular flexibility index (Phi) is 6.62. The van der Waals surface area contributed by atoms with Crippen molar-refractivity contribution in [3.8, 4) is 23.8 Å². The Morgan fingerprint density at radius 3 is 2.73 bits per heavy atom. The van der Waals surface area contributed by atoms with E-state index in [0.29, 0.717) is 28.7 Å². The number of terminal acetylenes is 1. The highest BCUT2D eigenvalue weighted by Crippen LogP contribution is 2.60. The van der Waals surface area contributed by atoms with Crippen LogP contribution in [-0.2, 0) is 19.1 Å². The average Bonchev–Trinajstić information content (AvgIpc) is 3.00. The van der Waals surface area contributed by atoms with E-state index in [-0.39, 0.29) is 18.1 Å². The fourth-order valence-corrected chi connectivity index (χ4v) is 3.80. The first-order valence-electron chi connectivity index (χ1n) is 9.90. The van der Waals surface area contributed by atoms with Gasteiger partial charge in [0.2, 0.25) is 6.79 Å². The lowest BCUT2D eigenvalue weighted by Gasteiger charge is -2.15. The van der Waals surface area contributed by atoms with E-state index in [4.69, 9.17) is 37.0 Å². The van der Waals surface area contributed by atoms with Crippen LogP contribution in [0.2, 0.25) is 5.02 Å². The highest BCUT2D eigenvalue weighted by molar-refractivity contribution is 6.31. The van der Waals surface area contributed by atoms with Crippen LogP contribution in [-0.4, -0.2) is 25.3 Å². The summed E-state index contributed by atoms with van der Waals surface area (Å²) in [5.74, 6) is 2.08. The second kappa shape index (κ2) is 9.01. The molecule has 3 unspecified atom stereocenters. The predicted octanol–water partition coefficient (Wildman–Crippen LogP) is 4.46. The quantitative estimate of drug-likeness (QED) is 0.261. The van der Waals surface area contributed by atoms with E-state index in [9.17, 15) is 9.59 Å². The van der Waals surface area contributed by atoms with Crippen molar-refractivity contribution in [2.45, 2.75) is 39.7 Å². The molecule has 0 spiro atoms. The highest BCUT2D eigenvalue weighted by Gasteiger charge is 2.61. The van der Waals surface area contributed by atoms with Gasteiger partial charge < -0.3 is 18.9 Å². The van der Waals surface area contributed by atoms with E-state index in [1.165, 1.54) is 6.08 Å². The Morgan fingerprint density at radius 2 is 2.07 bits per heavy atom. The number of carbonyl (C=O) groups excluding carboxylic acids is 2. The molecule has 0 N–H and O–H groups in total. The Balaban J connectivity index is 1.65. The van der Waals surface area contributed by atoms with Crippen LogP contribution in [0.25, 0.3) is 0 Å². The predicted molar refractivity (Wildman–Crippen MR) is 111 cm³/mol. The minimum Gasteiger partial charge on any atom is -0.463 e. The molecule has 0 amide bonds. The Labute approximate surface area is 181 Å². The maximum Gasteiger partial charge on any atom is 0.330 e. The van der Waals surface area contributed by atoms with E-state index in [1.54, 1.807) is 18.2 Å². The summed E-state index contributed by atoms with van der Waals surface area (Å²) in [4.78, 5) is 24.6. The Hall–Kier alpha value is -2.65. The van der Waals surface area contributed by atoms with Gasteiger partial charge in [0.05, 0.1) is 17.5 Å². The normalized spacial score (nSPS) is 21.7. The molecule has 1 heterocycles. The summed E-state index contributed by atoms with van der Waals surface area (Å²) < 4.78 is 21.3. The number of benzene rings is 1. The summed E-state index contributed by atoms with van der Waals surface area (Å²) in [6.07, 6.45) is 9.51. The molecule has 6 nitrogen and oxygen atoms in total. The Bertz CT molecular complexity index is 898. The standard InChI is InChI=1S/C23H25ClO6/c1-5-7-10-27-20(25)9-8-15-21(23(15,3)4)22(26)30-17(6-2)14-11-18-19(12-16(14)24)29-13-28-18/h2,8-9,11-12,15,17,21H,5,7,10,13H2,1,3-4H3. The van der Waals surface area contributed by atoms with Gasteiger partial charge in [-0.3, -0.25) is 4.79 Å². The first kappa shape index (κ1) is 22.0. The van der Waals surface area contributed by atoms with Gasteiger partial charge >= 0.3 is 11.9 Å². The molecule has 7 heteroatoms. The summed E-state index contributed by atoms with van der Waals surface area (Å²) in [7, 11) is 0. The van der Waals surface area contributed by atoms with Crippen molar-refractivity contribution in [2.24, 2.45) is 17.3 Å². The second-order valence-corrected chi connectivity index (χ2v) is 8.32. The van der Waals surface area contributed by atoms with E-state index >= 15 is 0 Å². The topological polar surface area (TPSA) is 71.1 Å². The number of hydrogen-bond acceptors (Lipinski definition) is 6. The molecule has 2 aliphatic rings. The maximum absolute atomic E-state index is 12.8. The number of ether oxygens (including phenoxy) is 4. The van der Waals surface area contributed by atoms with Crippen LogP contribution in [0.4, 0.5) is 0 Å². The number of carbonyl (C=O) groups is 2. The van der Waals surface area contributed by atoms with Gasteiger partial charge in [-0.2, -0.15) is 0 Å². The van der Waals surface area contributed by atoms with E-state index in [2.05, 4.69) is 5.92 Å². The van der Waals surface area contributed by atoms with Crippen molar-refractivity contribution in [1.82, 2.24) is 0 Å². The molecule has 1 aromatic rings. The number of unbranched alkanes of at least 4 members (excludes halogenated alkanes) is 1. The number of rotatable bonds is 8. The number of esters is 2. The van der Waals surface area contributed by atoms with Crippen molar-refractivity contribution in [3.05, 3.63) is 34.9 Å². The molecule has 3 rings (SSSR count). The highest BCUT2D eigenvalue weighted by atomic mass is 35.5. The van der Waals surface area contributed by atoms with Crippen LogP contribution in [0.5, 0.6) is 11.5 Å². The lowest BCUT2D eigenvalue weighted by atomic mass is 10.1. The van der Waals surface area contributed by atoms with Crippen molar-refractivity contribution in [1.29, 1.82) is 0 Å². The SMILES string of the molecule is C#CC(OC(=O)C1C(C=CC(=O)OCCCC)C1(C)C)c1cc2c(cc1Cl)OCO2. The van der Waals surface area contributed by atoms with Crippen LogP contribution in [0, 0.1) is 29.6 Å². The zero-order valence-electron chi connectivity index (χ0n) is 17.3. The van der Waals surface area contributed by atoms with Crippen molar-refractivity contribution >= 4 is 23.5 Å². The number of fused-ring (bicyclic) bond motifs is 1. The average molecular weight is 433 g/mol. The lowest BCUT2D eigenvalue weighted by molar-refractivity contribution is -0.149. The van der Waals surface area contributed by atoms with E-state index < -0.39 is 24.0 Å². The van der Waals surface area contributed by atoms with Crippen LogP contribution in [0.1, 0.15) is 45.3 Å². The molecule has 0 aromatic heterocycles. The Morgan fingerprint density at radius 1 is 1.37 bits per heavy atom. The van der Waals surface area contributed by atoms with Gasteiger partial charge in [0.25, 0.3) is 0 Å². The third-order valence-corrected chi connectivity index (χ3v) is 5.83. The molecule has 1 aliphatic heterocycles. The summed E-state index contributed by atoms with van der Waals surface area (Å²) in [6.45, 7) is 6.39. The second-order valence-electron chi connectivity index (χ2n) is 7.92. The van der Waals surface area contributed by atoms with Crippen molar-refractivity contribution in [3.63, 3.8) is 0 Å². The first-order valence-corrected chi connectivity index (χ1v) is 10.3.